The Balaban J connectivity index is 1.30. The Morgan fingerprint density at radius 3 is 1.44 bits per heavy atom. The molecule has 6 aromatic carbocycles. The lowest BCUT2D eigenvalue weighted by atomic mass is 9.77. The van der Waals surface area contributed by atoms with E-state index in [1.54, 1.807) is 25.1 Å². The van der Waals surface area contributed by atoms with Crippen molar-refractivity contribution in [3.05, 3.63) is 216 Å². The number of hydrogen-bond acceptors (Lipinski definition) is 11. The van der Waals surface area contributed by atoms with E-state index in [4.69, 9.17) is 33.9 Å². The Kier molecular flexibility index (Phi) is 13.2. The highest BCUT2D eigenvalue weighted by molar-refractivity contribution is 5.84. The number of nitrogens with zero attached hydrogens (tertiary/aromatic N) is 4. The van der Waals surface area contributed by atoms with Crippen molar-refractivity contribution in [3.63, 3.8) is 0 Å². The molecule has 0 fully saturated rings. The van der Waals surface area contributed by atoms with Gasteiger partial charge in [0.2, 0.25) is 0 Å². The molecule has 2 heterocycles. The lowest BCUT2D eigenvalue weighted by Crippen LogP contribution is -2.44. The van der Waals surface area contributed by atoms with Crippen molar-refractivity contribution in [1.82, 2.24) is 19.5 Å². The monoisotopic (exact) mass is 843 g/mol. The van der Waals surface area contributed by atoms with Crippen LogP contribution in [0.4, 0.5) is 5.82 Å². The maximum absolute atomic E-state index is 11.5. The minimum absolute atomic E-state index is 0.341. The maximum atomic E-state index is 11.5. The summed E-state index contributed by atoms with van der Waals surface area (Å²) in [5.41, 5.74) is 3.51. The first-order chi connectivity index (χ1) is 31.0. The molecule has 12 nitrogen and oxygen atoms in total. The third-order valence-corrected chi connectivity index (χ3v) is 11.3. The van der Waals surface area contributed by atoms with Crippen molar-refractivity contribution in [3.8, 4) is 11.5 Å². The van der Waals surface area contributed by atoms with Gasteiger partial charge in [-0.15, -0.1) is 0 Å². The maximum Gasteiger partial charge on any atom is 0.167 e. The van der Waals surface area contributed by atoms with Gasteiger partial charge in [0, 0.05) is 0 Å². The van der Waals surface area contributed by atoms with E-state index in [-0.39, 0.29) is 0 Å². The number of ether oxygens (including phenoxy) is 4. The van der Waals surface area contributed by atoms with Crippen molar-refractivity contribution >= 4 is 17.0 Å². The minimum atomic E-state index is -1.32. The summed E-state index contributed by atoms with van der Waals surface area (Å²) in [5.74, 6) is 1.78. The summed E-state index contributed by atoms with van der Waals surface area (Å²) in [5, 5.41) is 36.1. The molecule has 0 aliphatic rings. The van der Waals surface area contributed by atoms with Gasteiger partial charge in [0.1, 0.15) is 41.2 Å². The zero-order valence-electron chi connectivity index (χ0n) is 34.9. The van der Waals surface area contributed by atoms with Crippen LogP contribution in [0.5, 0.6) is 11.5 Å². The normalized spacial score (nSPS) is 12.9. The minimum Gasteiger partial charge on any atom is -0.497 e. The topological polar surface area (TPSA) is 153 Å². The highest BCUT2D eigenvalue weighted by Crippen LogP contribution is 2.45. The molecule has 4 N–H and O–H groups in total. The smallest absolute Gasteiger partial charge is 0.167 e. The lowest BCUT2D eigenvalue weighted by Gasteiger charge is -2.41. The lowest BCUT2D eigenvalue weighted by molar-refractivity contribution is -0.190. The van der Waals surface area contributed by atoms with Crippen molar-refractivity contribution in [2.24, 2.45) is 0 Å². The van der Waals surface area contributed by atoms with Gasteiger partial charge >= 0.3 is 0 Å². The summed E-state index contributed by atoms with van der Waals surface area (Å²) < 4.78 is 26.6. The molecular weight excluding hydrogens is 795 g/mol. The first-order valence-electron chi connectivity index (χ1n) is 20.6. The fourth-order valence-corrected chi connectivity index (χ4v) is 8.20. The van der Waals surface area contributed by atoms with Gasteiger partial charge in [-0.25, -0.2) is 15.0 Å². The molecule has 0 spiro atoms. The van der Waals surface area contributed by atoms with Crippen LogP contribution < -0.4 is 14.8 Å². The average Bonchev–Trinajstić information content (AvgIpc) is 3.80. The highest BCUT2D eigenvalue weighted by atomic mass is 16.6. The van der Waals surface area contributed by atoms with Crippen molar-refractivity contribution in [2.45, 2.75) is 29.6 Å². The van der Waals surface area contributed by atoms with E-state index < -0.39 is 49.4 Å². The van der Waals surface area contributed by atoms with Crippen LogP contribution in [0.2, 0.25) is 0 Å². The van der Waals surface area contributed by atoms with Gasteiger partial charge in [-0.2, -0.15) is 0 Å². The Bertz CT molecular complexity index is 2570. The number of aromatic nitrogens is 4. The van der Waals surface area contributed by atoms with E-state index in [1.807, 2.05) is 146 Å². The van der Waals surface area contributed by atoms with Gasteiger partial charge < -0.3 is 39.6 Å². The molecule has 320 valence electrons. The van der Waals surface area contributed by atoms with Crippen LogP contribution in [0.1, 0.15) is 39.6 Å². The molecular formula is C51H49N5O7. The molecule has 12 heteroatoms. The van der Waals surface area contributed by atoms with Crippen LogP contribution in [0, 0.1) is 0 Å². The molecule has 2 atom stereocenters. The van der Waals surface area contributed by atoms with Crippen LogP contribution in [0.15, 0.2) is 183 Å². The Hall–Kier alpha value is -6.93. The Labute approximate surface area is 366 Å². The van der Waals surface area contributed by atoms with Crippen LogP contribution in [-0.4, -0.2) is 81.1 Å². The summed E-state index contributed by atoms with van der Waals surface area (Å²) in [7, 11) is 3.25. The number of nitrogens with one attached hydrogen (secondary N) is 1. The first-order valence-corrected chi connectivity index (χ1v) is 20.6. The largest absolute Gasteiger partial charge is 0.497 e. The number of rotatable bonds is 19. The zero-order valence-corrected chi connectivity index (χ0v) is 34.9. The zero-order chi connectivity index (χ0) is 43.7. The first kappa shape index (κ1) is 42.7. The third kappa shape index (κ3) is 8.38. The van der Waals surface area contributed by atoms with E-state index in [0.29, 0.717) is 28.5 Å². The second-order valence-corrected chi connectivity index (χ2v) is 14.9. The Morgan fingerprint density at radius 1 is 0.540 bits per heavy atom. The molecule has 8 aromatic rings. The van der Waals surface area contributed by atoms with Crippen LogP contribution >= 0.6 is 0 Å². The molecule has 0 radical (unpaired) electrons. The number of aliphatic hydroxyl groups is 3. The van der Waals surface area contributed by atoms with E-state index in [9.17, 15) is 15.3 Å². The summed E-state index contributed by atoms with van der Waals surface area (Å²) >= 11 is 0. The Morgan fingerprint density at radius 2 is 0.984 bits per heavy atom. The number of imidazole rings is 1. The van der Waals surface area contributed by atoms with Crippen molar-refractivity contribution in [2.75, 3.05) is 39.4 Å². The molecule has 0 saturated carbocycles. The number of fused-ring (bicyclic) bond motifs is 1. The van der Waals surface area contributed by atoms with Crippen molar-refractivity contribution < 1.29 is 34.3 Å². The van der Waals surface area contributed by atoms with Crippen LogP contribution in [-0.2, 0) is 20.6 Å². The van der Waals surface area contributed by atoms with Crippen LogP contribution in [0.25, 0.3) is 11.2 Å². The van der Waals surface area contributed by atoms with E-state index >= 15 is 0 Å². The second kappa shape index (κ2) is 19.4. The number of benzene rings is 6. The predicted octanol–water partition coefficient (Wildman–Crippen LogP) is 7.49. The molecule has 0 unspecified atom stereocenters. The average molecular weight is 844 g/mol. The van der Waals surface area contributed by atoms with Gasteiger partial charge in [-0.1, -0.05) is 146 Å². The highest BCUT2D eigenvalue weighted by Gasteiger charge is 2.44. The number of methoxy groups -OCH3 is 2. The number of aliphatic hydroxyl groups excluding tert-OH is 3. The number of anilines is 1. The van der Waals surface area contributed by atoms with E-state index in [1.165, 1.54) is 6.33 Å². The summed E-state index contributed by atoms with van der Waals surface area (Å²) in [4.78, 5) is 14.4. The summed E-state index contributed by atoms with van der Waals surface area (Å²) in [6.07, 6.45) is -0.440. The van der Waals surface area contributed by atoms with Gasteiger partial charge in [0.05, 0.1) is 40.4 Å². The van der Waals surface area contributed by atoms with Crippen molar-refractivity contribution in [1.29, 1.82) is 0 Å². The SMILES string of the molecule is COc1ccc(C(Nc2ncnc3c2ncn3[C@H](OC(CO)CO)[C@@H](CO)OC(c2ccccc2)(c2ccccc2)c2ccc(OC)cc2)(c2ccccc2)c2ccccc2)cc1. The standard InChI is InChI=1S/C51H49N5O7/c1-60-42-27-23-38(24-28-42)50(36-15-7-3-8-16-36,37-17-9-4-10-18-37)55-47-46-48(53-34-52-47)56(35-54-46)49(62-44(31-57)32-58)45(33-59)63-51(39-19-11-5-12-20-39,40-21-13-6-14-22-40)41-25-29-43(61-2)30-26-41/h3-30,34-35,44-45,49,57-59H,31-33H2,1-2H3,(H,52,53,55)/t45-,49-/m1/s1. The predicted molar refractivity (Wildman–Crippen MR) is 241 cm³/mol. The van der Waals surface area contributed by atoms with Gasteiger partial charge in [0.15, 0.2) is 23.2 Å². The third-order valence-electron chi connectivity index (χ3n) is 11.3. The van der Waals surface area contributed by atoms with Gasteiger partial charge in [0.25, 0.3) is 0 Å². The quantitative estimate of drug-likeness (QED) is 0.0600. The molecule has 2 aromatic heterocycles. The molecule has 0 bridgehead atoms. The molecule has 0 saturated heterocycles. The van der Waals surface area contributed by atoms with Crippen LogP contribution in [0.3, 0.4) is 0 Å². The van der Waals surface area contributed by atoms with E-state index in [0.717, 1.165) is 33.4 Å². The second-order valence-electron chi connectivity index (χ2n) is 14.9. The summed E-state index contributed by atoms with van der Waals surface area (Å²) in [6, 6.07) is 55.1. The van der Waals surface area contributed by atoms with E-state index in [2.05, 4.69) is 29.6 Å². The molecule has 0 aliphatic carbocycles. The molecule has 0 amide bonds. The molecule has 0 aliphatic heterocycles. The fourth-order valence-electron chi connectivity index (χ4n) is 8.20. The molecule has 8 rings (SSSR count). The summed E-state index contributed by atoms with van der Waals surface area (Å²) in [6.45, 7) is -1.58. The molecule has 63 heavy (non-hydrogen) atoms. The van der Waals surface area contributed by atoms with Gasteiger partial charge in [-0.3, -0.25) is 4.57 Å². The number of hydrogen-bond donors (Lipinski definition) is 4. The van der Waals surface area contributed by atoms with Gasteiger partial charge in [-0.05, 0) is 57.6 Å². The fraction of sp³-hybridized carbons (Fsp3) is 0.196.